The Hall–Kier alpha value is -1.38. The summed E-state index contributed by atoms with van der Waals surface area (Å²) in [6.45, 7) is 2.15. The number of para-hydroxylation sites is 1. The minimum Gasteiger partial charge on any atom is -0.495 e. The van der Waals surface area contributed by atoms with Crippen LogP contribution >= 0.6 is 0 Å². The van der Waals surface area contributed by atoms with Crippen LogP contribution in [0.25, 0.3) is 0 Å². The van der Waals surface area contributed by atoms with Crippen LogP contribution < -0.4 is 15.4 Å². The van der Waals surface area contributed by atoms with Gasteiger partial charge in [-0.15, -0.1) is 0 Å². The molecule has 1 aliphatic carbocycles. The van der Waals surface area contributed by atoms with Crippen LogP contribution in [0.5, 0.6) is 5.75 Å². The summed E-state index contributed by atoms with van der Waals surface area (Å²) in [4.78, 5) is 0. The Kier molecular flexibility index (Phi) is 3.54. The lowest BCUT2D eigenvalue weighted by molar-refractivity contribution is 0.286. The van der Waals surface area contributed by atoms with Crippen molar-refractivity contribution in [2.24, 2.45) is 5.41 Å². The molecule has 1 spiro atoms. The largest absolute Gasteiger partial charge is 0.495 e. The standard InChI is InChI=1S/C16H24N2O/c1-19-14-8-6-7-13-15(14)18-12-16(11-17-13)9-4-2-3-5-10-16/h6-8,17-18H,2-5,9-12H2,1H3. The molecule has 2 N–H and O–H groups in total. The second-order valence-electron chi connectivity index (χ2n) is 6.00. The van der Waals surface area contributed by atoms with E-state index in [0.29, 0.717) is 5.41 Å². The van der Waals surface area contributed by atoms with Crippen molar-refractivity contribution in [3.63, 3.8) is 0 Å². The highest BCUT2D eigenvalue weighted by Gasteiger charge is 2.33. The summed E-state index contributed by atoms with van der Waals surface area (Å²) in [6, 6.07) is 6.22. The van der Waals surface area contributed by atoms with E-state index >= 15 is 0 Å². The number of rotatable bonds is 1. The van der Waals surface area contributed by atoms with Crippen molar-refractivity contribution >= 4 is 11.4 Å². The Labute approximate surface area is 115 Å². The highest BCUT2D eigenvalue weighted by atomic mass is 16.5. The maximum Gasteiger partial charge on any atom is 0.144 e. The average Bonchev–Trinajstić information content (AvgIpc) is 2.79. The van der Waals surface area contributed by atoms with Crippen LogP contribution in [-0.2, 0) is 0 Å². The van der Waals surface area contributed by atoms with Crippen molar-refractivity contribution in [2.75, 3.05) is 30.8 Å². The molecule has 3 rings (SSSR count). The number of methoxy groups -OCH3 is 1. The summed E-state index contributed by atoms with van der Waals surface area (Å²) in [5.74, 6) is 0.940. The Morgan fingerprint density at radius 2 is 1.74 bits per heavy atom. The molecule has 3 nitrogen and oxygen atoms in total. The maximum atomic E-state index is 5.47. The fraction of sp³-hybridized carbons (Fsp3) is 0.625. The zero-order valence-electron chi connectivity index (χ0n) is 11.8. The third-order valence-electron chi connectivity index (χ3n) is 4.70. The lowest BCUT2D eigenvalue weighted by Gasteiger charge is -2.31. The van der Waals surface area contributed by atoms with E-state index < -0.39 is 0 Å². The van der Waals surface area contributed by atoms with Crippen molar-refractivity contribution in [1.29, 1.82) is 0 Å². The first kappa shape index (κ1) is 12.6. The lowest BCUT2D eigenvalue weighted by Crippen LogP contribution is -2.34. The first-order valence-electron chi connectivity index (χ1n) is 7.48. The van der Waals surface area contributed by atoms with Crippen molar-refractivity contribution in [3.05, 3.63) is 18.2 Å². The second kappa shape index (κ2) is 5.32. The summed E-state index contributed by atoms with van der Waals surface area (Å²) in [5, 5.41) is 7.29. The molecule has 0 atom stereocenters. The van der Waals surface area contributed by atoms with Crippen molar-refractivity contribution in [2.45, 2.75) is 38.5 Å². The molecule has 1 aliphatic heterocycles. The molecule has 0 radical (unpaired) electrons. The molecule has 1 aromatic rings. The van der Waals surface area contributed by atoms with E-state index in [9.17, 15) is 0 Å². The van der Waals surface area contributed by atoms with Gasteiger partial charge in [0.15, 0.2) is 0 Å². The topological polar surface area (TPSA) is 33.3 Å². The van der Waals surface area contributed by atoms with Gasteiger partial charge in [0.25, 0.3) is 0 Å². The van der Waals surface area contributed by atoms with Gasteiger partial charge in [-0.25, -0.2) is 0 Å². The van der Waals surface area contributed by atoms with Crippen LogP contribution in [0.2, 0.25) is 0 Å². The number of hydrogen-bond donors (Lipinski definition) is 2. The fourth-order valence-corrected chi connectivity index (χ4v) is 3.48. The Morgan fingerprint density at radius 1 is 1.00 bits per heavy atom. The third kappa shape index (κ3) is 2.51. The van der Waals surface area contributed by atoms with Gasteiger partial charge in [-0.1, -0.05) is 31.7 Å². The van der Waals surface area contributed by atoms with Gasteiger partial charge in [-0.3, -0.25) is 0 Å². The van der Waals surface area contributed by atoms with Crippen LogP contribution in [-0.4, -0.2) is 20.2 Å². The van der Waals surface area contributed by atoms with Crippen molar-refractivity contribution in [3.8, 4) is 5.75 Å². The molecule has 1 fully saturated rings. The smallest absolute Gasteiger partial charge is 0.144 e. The summed E-state index contributed by atoms with van der Waals surface area (Å²) < 4.78 is 5.47. The first-order chi connectivity index (χ1) is 9.33. The summed E-state index contributed by atoms with van der Waals surface area (Å²) in [6.07, 6.45) is 8.22. The molecule has 19 heavy (non-hydrogen) atoms. The molecule has 0 aromatic heterocycles. The van der Waals surface area contributed by atoms with Crippen LogP contribution in [0.15, 0.2) is 18.2 Å². The minimum absolute atomic E-state index is 0.417. The van der Waals surface area contributed by atoms with Crippen LogP contribution in [0.4, 0.5) is 11.4 Å². The predicted octanol–water partition coefficient (Wildman–Crippen LogP) is 3.87. The fourth-order valence-electron chi connectivity index (χ4n) is 3.48. The molecule has 0 unspecified atom stereocenters. The monoisotopic (exact) mass is 260 g/mol. The van der Waals surface area contributed by atoms with Gasteiger partial charge in [-0.2, -0.15) is 0 Å². The number of benzene rings is 1. The summed E-state index contributed by atoms with van der Waals surface area (Å²) >= 11 is 0. The highest BCUT2D eigenvalue weighted by molar-refractivity contribution is 5.76. The number of hydrogen-bond acceptors (Lipinski definition) is 3. The van der Waals surface area contributed by atoms with Crippen LogP contribution in [0.3, 0.4) is 0 Å². The van der Waals surface area contributed by atoms with Crippen molar-refractivity contribution < 1.29 is 4.74 Å². The Balaban J connectivity index is 1.84. The van der Waals surface area contributed by atoms with Gasteiger partial charge in [-0.05, 0) is 25.0 Å². The van der Waals surface area contributed by atoms with E-state index in [4.69, 9.17) is 4.74 Å². The average molecular weight is 260 g/mol. The Morgan fingerprint density at radius 3 is 2.47 bits per heavy atom. The zero-order chi connectivity index (χ0) is 13.1. The van der Waals surface area contributed by atoms with E-state index in [1.54, 1.807) is 7.11 Å². The molecular weight excluding hydrogens is 236 g/mol. The predicted molar refractivity (Wildman–Crippen MR) is 80.1 cm³/mol. The van der Waals surface area contributed by atoms with Gasteiger partial charge in [0.1, 0.15) is 11.4 Å². The van der Waals surface area contributed by atoms with Crippen LogP contribution in [0, 0.1) is 5.41 Å². The van der Waals surface area contributed by atoms with E-state index in [1.165, 1.54) is 44.2 Å². The van der Waals surface area contributed by atoms with Crippen molar-refractivity contribution in [1.82, 2.24) is 0 Å². The molecule has 0 amide bonds. The van der Waals surface area contributed by atoms with E-state index in [0.717, 1.165) is 24.5 Å². The highest BCUT2D eigenvalue weighted by Crippen LogP contribution is 2.41. The molecule has 2 aliphatic rings. The SMILES string of the molecule is COc1cccc2c1NCC1(CCCCCC1)CN2. The zero-order valence-corrected chi connectivity index (χ0v) is 11.8. The number of nitrogens with one attached hydrogen (secondary N) is 2. The first-order valence-corrected chi connectivity index (χ1v) is 7.48. The second-order valence-corrected chi connectivity index (χ2v) is 6.00. The molecule has 0 bridgehead atoms. The number of ether oxygens (including phenoxy) is 1. The molecule has 3 heteroatoms. The van der Waals surface area contributed by atoms with E-state index in [-0.39, 0.29) is 0 Å². The van der Waals surface area contributed by atoms with Gasteiger partial charge < -0.3 is 15.4 Å². The molecule has 1 aromatic carbocycles. The van der Waals surface area contributed by atoms with Gasteiger partial charge >= 0.3 is 0 Å². The van der Waals surface area contributed by atoms with Gasteiger partial charge in [0, 0.05) is 18.5 Å². The third-order valence-corrected chi connectivity index (χ3v) is 4.70. The van der Waals surface area contributed by atoms with Crippen LogP contribution in [0.1, 0.15) is 38.5 Å². The maximum absolute atomic E-state index is 5.47. The molecule has 104 valence electrons. The minimum atomic E-state index is 0.417. The molecule has 0 saturated heterocycles. The number of fused-ring (bicyclic) bond motifs is 1. The quantitative estimate of drug-likeness (QED) is 0.804. The van der Waals surface area contributed by atoms with E-state index in [2.05, 4.69) is 22.8 Å². The van der Waals surface area contributed by atoms with E-state index in [1.807, 2.05) is 6.07 Å². The Bertz CT molecular complexity index is 436. The molecule has 1 saturated carbocycles. The van der Waals surface area contributed by atoms with Gasteiger partial charge in [0.05, 0.1) is 12.8 Å². The summed E-state index contributed by atoms with van der Waals surface area (Å²) in [7, 11) is 1.74. The normalized spacial score (nSPS) is 21.5. The molecule has 1 heterocycles. The molecular formula is C16H24N2O. The van der Waals surface area contributed by atoms with Gasteiger partial charge in [0.2, 0.25) is 0 Å². The number of anilines is 2. The summed E-state index contributed by atoms with van der Waals surface area (Å²) in [5.41, 5.74) is 2.73. The lowest BCUT2D eigenvalue weighted by atomic mass is 9.80.